The van der Waals surface area contributed by atoms with E-state index in [1.165, 1.54) is 0 Å². The van der Waals surface area contributed by atoms with E-state index in [-0.39, 0.29) is 10.5 Å². The van der Waals surface area contributed by atoms with Gasteiger partial charge in [-0.15, -0.1) is 0 Å². The predicted octanol–water partition coefficient (Wildman–Crippen LogP) is 1.62. The first-order chi connectivity index (χ1) is 14.0. The van der Waals surface area contributed by atoms with Crippen molar-refractivity contribution in [2.45, 2.75) is 52.6 Å². The molecular weight excluding hydrogens is 253 g/mol. The number of aromatic nitrogens is 2. The molecule has 1 aromatic rings. The molecule has 1 aliphatic rings. The molecule has 2 heterocycles. The van der Waals surface area contributed by atoms with Gasteiger partial charge in [0.25, 0.3) is 0 Å². The first-order valence-corrected chi connectivity index (χ1v) is 5.98. The molecule has 1 saturated heterocycles. The molecule has 0 aliphatic carbocycles. The van der Waals surface area contributed by atoms with Gasteiger partial charge in [-0.1, -0.05) is 0 Å². The third-order valence-electron chi connectivity index (χ3n) is 3.46. The Morgan fingerprint density at radius 1 is 1.25 bits per heavy atom. The summed E-state index contributed by atoms with van der Waals surface area (Å²) in [5, 5.41) is 0. The van der Waals surface area contributed by atoms with Crippen molar-refractivity contribution in [3.8, 4) is 0 Å². The highest BCUT2D eigenvalue weighted by molar-refractivity contribution is 6.61. The number of hydrogen-bond donors (Lipinski definition) is 0. The second kappa shape index (κ2) is 5.33. The summed E-state index contributed by atoms with van der Waals surface area (Å²) in [6, 6.07) is 0. The lowest BCUT2D eigenvalue weighted by Gasteiger charge is -2.32. The smallest absolute Gasteiger partial charge is 0.398 e. The molecule has 110 valence electrons. The Morgan fingerprint density at radius 2 is 1.85 bits per heavy atom. The molecule has 0 radical (unpaired) electrons. The Kier molecular flexibility index (Phi) is 1.58. The van der Waals surface area contributed by atoms with Crippen molar-refractivity contribution in [2.75, 3.05) is 17.9 Å². The fourth-order valence-electron chi connectivity index (χ4n) is 1.59. The SMILES string of the molecule is [2H]c1nc([2H])c(N(C([2H])([2H])C([2H])([2H])[2H])C([2H])([2H])C([2H])([2H])[2H])nc1B1OC(C)(C)C(C)(C)O1. The van der Waals surface area contributed by atoms with E-state index in [1.54, 1.807) is 27.7 Å². The highest BCUT2D eigenvalue weighted by atomic mass is 16.7. The maximum atomic E-state index is 8.05. The number of anilines is 1. The van der Waals surface area contributed by atoms with Gasteiger partial charge in [0.2, 0.25) is 0 Å². The van der Waals surface area contributed by atoms with E-state index in [0.29, 0.717) is 0 Å². The summed E-state index contributed by atoms with van der Waals surface area (Å²) in [6.45, 7) is -7.49. The number of nitrogens with zero attached hydrogens (tertiary/aromatic N) is 3. The predicted molar refractivity (Wildman–Crippen MR) is 81.3 cm³/mol. The first kappa shape index (κ1) is 5.93. The van der Waals surface area contributed by atoms with Gasteiger partial charge in [0, 0.05) is 32.9 Å². The molecule has 0 bridgehead atoms. The average molecular weight is 289 g/mol. The lowest BCUT2D eigenvalue weighted by Crippen LogP contribution is -2.41. The zero-order valence-electron chi connectivity index (χ0n) is 23.7. The molecular formula is C14H24BN3O2. The Labute approximate surface area is 138 Å². The van der Waals surface area contributed by atoms with Crippen molar-refractivity contribution < 1.29 is 25.8 Å². The summed E-state index contributed by atoms with van der Waals surface area (Å²) in [4.78, 5) is 7.26. The van der Waals surface area contributed by atoms with Crippen LogP contribution >= 0.6 is 0 Å². The van der Waals surface area contributed by atoms with Crippen LogP contribution < -0.4 is 10.5 Å². The van der Waals surface area contributed by atoms with Crippen LogP contribution in [-0.2, 0) is 9.31 Å². The highest BCUT2D eigenvalue weighted by Crippen LogP contribution is 2.36. The zero-order chi connectivity index (χ0) is 25.3. The number of hydrogen-bond acceptors (Lipinski definition) is 5. The van der Waals surface area contributed by atoms with Crippen LogP contribution in [0.2, 0.25) is 0 Å². The Morgan fingerprint density at radius 3 is 2.40 bits per heavy atom. The van der Waals surface area contributed by atoms with Gasteiger partial charge in [-0.3, -0.25) is 4.98 Å². The van der Waals surface area contributed by atoms with Crippen LogP contribution in [0, 0.1) is 0 Å². The van der Waals surface area contributed by atoms with Gasteiger partial charge < -0.3 is 14.2 Å². The molecule has 0 saturated carbocycles. The molecule has 20 heavy (non-hydrogen) atoms. The van der Waals surface area contributed by atoms with Crippen LogP contribution in [0.5, 0.6) is 0 Å². The molecule has 2 rings (SSSR count). The maximum absolute atomic E-state index is 8.05. The van der Waals surface area contributed by atoms with Gasteiger partial charge in [-0.05, 0) is 41.4 Å². The molecule has 0 N–H and O–H groups in total. The number of rotatable bonds is 4. The van der Waals surface area contributed by atoms with Gasteiger partial charge in [0.1, 0.15) is 5.82 Å². The van der Waals surface area contributed by atoms with E-state index in [4.69, 9.17) is 25.8 Å². The molecule has 1 fully saturated rings. The molecule has 0 atom stereocenters. The second-order valence-electron chi connectivity index (χ2n) is 5.30. The molecule has 0 unspecified atom stereocenters. The highest BCUT2D eigenvalue weighted by Gasteiger charge is 2.52. The Bertz CT molecular complexity index is 845. The van der Waals surface area contributed by atoms with Crippen molar-refractivity contribution in [3.05, 3.63) is 12.3 Å². The summed E-state index contributed by atoms with van der Waals surface area (Å²) < 4.78 is 105. The van der Waals surface area contributed by atoms with Crippen LogP contribution in [0.25, 0.3) is 0 Å². The van der Waals surface area contributed by atoms with E-state index >= 15 is 0 Å². The van der Waals surface area contributed by atoms with E-state index in [2.05, 4.69) is 9.97 Å². The minimum absolute atomic E-state index is 0.233. The van der Waals surface area contributed by atoms with Gasteiger partial charge >= 0.3 is 7.12 Å². The van der Waals surface area contributed by atoms with Crippen LogP contribution in [0.4, 0.5) is 5.82 Å². The van der Waals surface area contributed by atoms with Crippen molar-refractivity contribution in [3.63, 3.8) is 0 Å². The standard InChI is InChI=1S/C14H24BN3O2/c1-7-18(8-2)12-10-16-9-11(17-12)15-19-13(3,4)14(5,6)20-15/h9-10H,7-8H2,1-6H3/i1D3,2D3,7D2,8D2,9D,10D. The van der Waals surface area contributed by atoms with Gasteiger partial charge in [-0.2, -0.15) is 0 Å². The minimum Gasteiger partial charge on any atom is -0.398 e. The zero-order valence-corrected chi connectivity index (χ0v) is 11.7. The fraction of sp³-hybridized carbons (Fsp3) is 0.714. The monoisotopic (exact) mass is 289 g/mol. The third-order valence-corrected chi connectivity index (χ3v) is 3.46. The Balaban J connectivity index is 2.78. The molecule has 0 aromatic carbocycles. The van der Waals surface area contributed by atoms with Crippen molar-refractivity contribution in [1.82, 2.24) is 9.97 Å². The quantitative estimate of drug-likeness (QED) is 0.788. The summed E-state index contributed by atoms with van der Waals surface area (Å²) in [7, 11) is -1.33. The van der Waals surface area contributed by atoms with E-state index in [9.17, 15) is 0 Å². The van der Waals surface area contributed by atoms with Gasteiger partial charge in [0.05, 0.1) is 25.7 Å². The summed E-state index contributed by atoms with van der Waals surface area (Å²) in [5.41, 5.74) is -2.15. The van der Waals surface area contributed by atoms with Crippen LogP contribution in [0.1, 0.15) is 57.8 Å². The second-order valence-corrected chi connectivity index (χ2v) is 5.30. The topological polar surface area (TPSA) is 47.5 Å². The molecule has 6 heteroatoms. The van der Waals surface area contributed by atoms with Crippen molar-refractivity contribution >= 4 is 18.5 Å². The van der Waals surface area contributed by atoms with Gasteiger partial charge in [0.15, 0.2) is 0 Å². The maximum Gasteiger partial charge on any atom is 0.516 e. The molecule has 0 amide bonds. The van der Waals surface area contributed by atoms with Crippen LogP contribution in [0.15, 0.2) is 12.3 Å². The van der Waals surface area contributed by atoms with E-state index < -0.39 is 63.2 Å². The van der Waals surface area contributed by atoms with E-state index in [1.807, 2.05) is 0 Å². The summed E-state index contributed by atoms with van der Waals surface area (Å²) in [6.07, 6.45) is -1.60. The van der Waals surface area contributed by atoms with Crippen LogP contribution in [-0.4, -0.2) is 41.3 Å². The molecule has 1 aliphatic heterocycles. The lowest BCUT2D eigenvalue weighted by atomic mass is 9.85. The normalized spacial score (nSPS) is 31.7. The molecule has 0 spiro atoms. The van der Waals surface area contributed by atoms with E-state index in [0.717, 1.165) is 0 Å². The lowest BCUT2D eigenvalue weighted by molar-refractivity contribution is 0.00578. The van der Waals surface area contributed by atoms with Gasteiger partial charge in [-0.25, -0.2) is 4.98 Å². The fourth-order valence-corrected chi connectivity index (χ4v) is 1.59. The van der Waals surface area contributed by atoms with Crippen LogP contribution in [0.3, 0.4) is 0 Å². The largest absolute Gasteiger partial charge is 0.516 e. The first-order valence-electron chi connectivity index (χ1n) is 12.0. The van der Waals surface area contributed by atoms with Crippen molar-refractivity contribution in [2.24, 2.45) is 0 Å². The summed E-state index contributed by atoms with van der Waals surface area (Å²) >= 11 is 0. The average Bonchev–Trinajstić information content (AvgIpc) is 2.74. The third kappa shape index (κ3) is 2.67. The van der Waals surface area contributed by atoms with Crippen molar-refractivity contribution in [1.29, 1.82) is 0 Å². The minimum atomic E-state index is -3.62. The Hall–Kier alpha value is -1.14. The summed E-state index contributed by atoms with van der Waals surface area (Å²) in [5.74, 6) is -1.02. The molecule has 1 aromatic heterocycles. The molecule has 5 nitrogen and oxygen atoms in total.